The van der Waals surface area contributed by atoms with Gasteiger partial charge in [-0.25, -0.2) is 4.79 Å². The zero-order valence-electron chi connectivity index (χ0n) is 8.76. The molecule has 0 heterocycles. The van der Waals surface area contributed by atoms with Crippen LogP contribution in [0.2, 0.25) is 6.82 Å². The Morgan fingerprint density at radius 3 is 2.44 bits per heavy atom. The maximum atomic E-state index is 12.5. The number of carbonyl (C=O) groups is 1. The summed E-state index contributed by atoms with van der Waals surface area (Å²) < 4.78 is 42.0. The van der Waals surface area contributed by atoms with Crippen molar-refractivity contribution in [3.63, 3.8) is 0 Å². The van der Waals surface area contributed by atoms with Crippen LogP contribution in [0.15, 0.2) is 18.2 Å². The number of hydrogen-bond acceptors (Lipinski definition) is 2. The van der Waals surface area contributed by atoms with Gasteiger partial charge < -0.3 is 4.74 Å². The molecule has 0 amide bonds. The first-order valence-corrected chi connectivity index (χ1v) is 4.49. The second-order valence-electron chi connectivity index (χ2n) is 3.08. The van der Waals surface area contributed by atoms with Gasteiger partial charge in [0.15, 0.2) is 0 Å². The molecule has 0 saturated carbocycles. The highest BCUT2D eigenvalue weighted by Crippen LogP contribution is 2.28. The molecule has 0 atom stereocenters. The van der Waals surface area contributed by atoms with Crippen LogP contribution in [-0.4, -0.2) is 20.4 Å². The molecule has 1 aromatic carbocycles. The Balaban J connectivity index is 3.22. The van der Waals surface area contributed by atoms with Gasteiger partial charge in [-0.05, 0) is 12.1 Å². The number of ether oxygens (including phenoxy) is 1. The van der Waals surface area contributed by atoms with E-state index in [1.54, 1.807) is 0 Å². The molecule has 0 aromatic heterocycles. The van der Waals surface area contributed by atoms with E-state index >= 15 is 0 Å². The number of hydrogen-bond donors (Lipinski definition) is 0. The summed E-state index contributed by atoms with van der Waals surface area (Å²) in [6, 6.07) is 3.14. The van der Waals surface area contributed by atoms with Crippen molar-refractivity contribution >= 4 is 18.7 Å². The van der Waals surface area contributed by atoms with Crippen LogP contribution in [0.25, 0.3) is 0 Å². The largest absolute Gasteiger partial charge is 0.465 e. The normalized spacial score (nSPS) is 11.1. The molecule has 2 nitrogen and oxygen atoms in total. The molecule has 1 aromatic rings. The van der Waals surface area contributed by atoms with Crippen molar-refractivity contribution in [3.8, 4) is 0 Å². The van der Waals surface area contributed by atoms with E-state index in [2.05, 4.69) is 4.74 Å². The van der Waals surface area contributed by atoms with Crippen molar-refractivity contribution < 1.29 is 22.7 Å². The van der Waals surface area contributed by atoms with Crippen molar-refractivity contribution in [1.82, 2.24) is 0 Å². The monoisotopic (exact) mass is 229 g/mol. The van der Waals surface area contributed by atoms with Crippen molar-refractivity contribution in [2.75, 3.05) is 7.11 Å². The summed E-state index contributed by atoms with van der Waals surface area (Å²) in [5.74, 6) is -0.656. The Labute approximate surface area is 91.7 Å². The number of esters is 1. The van der Waals surface area contributed by atoms with E-state index in [1.807, 2.05) is 0 Å². The molecule has 6 heteroatoms. The number of carbonyl (C=O) groups excluding carboxylic acids is 1. The Kier molecular flexibility index (Phi) is 3.62. The number of benzene rings is 1. The van der Waals surface area contributed by atoms with Crippen molar-refractivity contribution in [2.45, 2.75) is 13.0 Å². The van der Waals surface area contributed by atoms with Crippen LogP contribution in [0.3, 0.4) is 0 Å². The van der Waals surface area contributed by atoms with Gasteiger partial charge in [-0.2, -0.15) is 13.2 Å². The molecular weight excluding hydrogens is 220 g/mol. The number of methoxy groups -OCH3 is 1. The van der Waals surface area contributed by atoms with E-state index in [9.17, 15) is 18.0 Å². The molecule has 1 rings (SSSR count). The third kappa shape index (κ3) is 2.56. The van der Waals surface area contributed by atoms with Crippen molar-refractivity contribution in [3.05, 3.63) is 29.3 Å². The highest BCUT2D eigenvalue weighted by atomic mass is 19.4. The van der Waals surface area contributed by atoms with E-state index in [4.69, 9.17) is 0 Å². The molecule has 0 aliphatic rings. The van der Waals surface area contributed by atoms with Gasteiger partial charge in [-0.15, -0.1) is 0 Å². The van der Waals surface area contributed by atoms with Crippen LogP contribution in [0.5, 0.6) is 0 Å². The lowest BCUT2D eigenvalue weighted by Gasteiger charge is -2.12. The van der Waals surface area contributed by atoms with E-state index in [0.717, 1.165) is 18.2 Å². The Morgan fingerprint density at radius 2 is 2.00 bits per heavy atom. The fraction of sp³-hybridized carbons (Fsp3) is 0.300. The molecule has 0 spiro atoms. The van der Waals surface area contributed by atoms with Gasteiger partial charge in [0.2, 0.25) is 0 Å². The smallest absolute Gasteiger partial charge is 0.415 e. The summed E-state index contributed by atoms with van der Waals surface area (Å²) in [5, 5.41) is 0. The SMILES string of the molecule is C[B]c1cc(C(=O)OC)ccc1C(F)(F)F. The molecule has 0 unspecified atom stereocenters. The zero-order chi connectivity index (χ0) is 12.3. The molecule has 16 heavy (non-hydrogen) atoms. The third-order valence-electron chi connectivity index (χ3n) is 2.09. The summed E-state index contributed by atoms with van der Waals surface area (Å²) in [5.41, 5.74) is -0.693. The van der Waals surface area contributed by atoms with Gasteiger partial charge >= 0.3 is 12.1 Å². The van der Waals surface area contributed by atoms with Crippen LogP contribution in [0.1, 0.15) is 15.9 Å². The molecule has 1 radical (unpaired) electrons. The first-order chi connectivity index (χ1) is 7.40. The van der Waals surface area contributed by atoms with Crippen LogP contribution in [0.4, 0.5) is 13.2 Å². The predicted octanol–water partition coefficient (Wildman–Crippen LogP) is 1.87. The summed E-state index contributed by atoms with van der Waals surface area (Å²) in [4.78, 5) is 11.1. The highest BCUT2D eigenvalue weighted by Gasteiger charge is 2.32. The third-order valence-corrected chi connectivity index (χ3v) is 2.09. The van der Waals surface area contributed by atoms with Crippen LogP contribution in [0, 0.1) is 0 Å². The van der Waals surface area contributed by atoms with Crippen LogP contribution in [-0.2, 0) is 10.9 Å². The fourth-order valence-corrected chi connectivity index (χ4v) is 1.30. The van der Waals surface area contributed by atoms with E-state index in [0.29, 0.717) is 0 Å². The van der Waals surface area contributed by atoms with E-state index in [-0.39, 0.29) is 11.0 Å². The summed E-state index contributed by atoms with van der Waals surface area (Å²) in [7, 11) is 2.48. The average Bonchev–Trinajstić information content (AvgIpc) is 2.25. The minimum Gasteiger partial charge on any atom is -0.465 e. The topological polar surface area (TPSA) is 26.3 Å². The molecule has 0 N–H and O–H groups in total. The van der Waals surface area contributed by atoms with Gasteiger partial charge in [0, 0.05) is 5.56 Å². The highest BCUT2D eigenvalue weighted by molar-refractivity contribution is 6.52. The summed E-state index contributed by atoms with van der Waals surface area (Å²) in [6.07, 6.45) is -4.42. The molecular formula is C10H9BF3O2. The molecule has 0 fully saturated rings. The van der Waals surface area contributed by atoms with Gasteiger partial charge in [0.05, 0.1) is 12.7 Å². The molecule has 0 saturated heterocycles. The van der Waals surface area contributed by atoms with E-state index < -0.39 is 17.7 Å². The minimum absolute atomic E-state index is 0.0320. The van der Waals surface area contributed by atoms with E-state index in [1.165, 1.54) is 21.2 Å². The maximum Gasteiger partial charge on any atom is 0.415 e. The van der Waals surface area contributed by atoms with Crippen LogP contribution >= 0.6 is 0 Å². The molecule has 85 valence electrons. The molecule has 0 aliphatic heterocycles. The maximum absolute atomic E-state index is 12.5. The zero-order valence-corrected chi connectivity index (χ0v) is 8.76. The van der Waals surface area contributed by atoms with Gasteiger partial charge in [-0.1, -0.05) is 18.4 Å². The minimum atomic E-state index is -4.42. The molecule has 0 aliphatic carbocycles. The van der Waals surface area contributed by atoms with Gasteiger partial charge in [-0.3, -0.25) is 0 Å². The quantitative estimate of drug-likeness (QED) is 0.571. The van der Waals surface area contributed by atoms with Gasteiger partial charge in [0.25, 0.3) is 0 Å². The lowest BCUT2D eigenvalue weighted by atomic mass is 9.70. The van der Waals surface area contributed by atoms with Crippen molar-refractivity contribution in [2.24, 2.45) is 0 Å². The molecule has 0 bridgehead atoms. The Hall–Kier alpha value is -1.46. The first kappa shape index (κ1) is 12.6. The average molecular weight is 229 g/mol. The Morgan fingerprint density at radius 1 is 1.38 bits per heavy atom. The fourth-order valence-electron chi connectivity index (χ4n) is 1.30. The lowest BCUT2D eigenvalue weighted by Crippen LogP contribution is -2.25. The second kappa shape index (κ2) is 4.59. The van der Waals surface area contributed by atoms with Crippen LogP contribution < -0.4 is 5.46 Å². The number of halogens is 3. The standard InChI is InChI=1S/C10H9BF3O2/c1-11-8-5-6(9(15)16-2)3-4-7(8)10(12,13)14/h3-5H,1-2H3. The Bertz CT molecular complexity index is 402. The second-order valence-corrected chi connectivity index (χ2v) is 3.08. The lowest BCUT2D eigenvalue weighted by molar-refractivity contribution is -0.136. The number of alkyl halides is 3. The van der Waals surface area contributed by atoms with Crippen molar-refractivity contribution in [1.29, 1.82) is 0 Å². The summed E-state index contributed by atoms with van der Waals surface area (Å²) in [6.45, 7) is 1.48. The van der Waals surface area contributed by atoms with Gasteiger partial charge in [0.1, 0.15) is 7.28 Å². The number of rotatable bonds is 2. The first-order valence-electron chi connectivity index (χ1n) is 4.49. The predicted molar refractivity (Wildman–Crippen MR) is 54.0 cm³/mol. The summed E-state index contributed by atoms with van der Waals surface area (Å²) >= 11 is 0.